The van der Waals surface area contributed by atoms with Gasteiger partial charge in [-0.1, -0.05) is 26.2 Å². The number of hydrogen-bond donors (Lipinski definition) is 1. The summed E-state index contributed by atoms with van der Waals surface area (Å²) in [6.07, 6.45) is 6.11. The first-order chi connectivity index (χ1) is 9.20. The summed E-state index contributed by atoms with van der Waals surface area (Å²) >= 11 is 5.46. The molecular formula is C15H19FN2S. The molecule has 1 aliphatic rings. The minimum absolute atomic E-state index is 0.195. The zero-order valence-corrected chi connectivity index (χ0v) is 12.0. The number of imidazole rings is 1. The zero-order chi connectivity index (χ0) is 13.4. The van der Waals surface area contributed by atoms with E-state index in [-0.39, 0.29) is 5.82 Å². The number of rotatable bonds is 2. The number of fused-ring (bicyclic) bond motifs is 1. The Morgan fingerprint density at radius 3 is 2.95 bits per heavy atom. The topological polar surface area (TPSA) is 20.7 Å². The molecule has 2 nitrogen and oxygen atoms in total. The number of aromatic nitrogens is 2. The average molecular weight is 278 g/mol. The van der Waals surface area contributed by atoms with Crippen LogP contribution in [0.1, 0.15) is 45.1 Å². The highest BCUT2D eigenvalue weighted by Crippen LogP contribution is 2.37. The Kier molecular flexibility index (Phi) is 3.44. The summed E-state index contributed by atoms with van der Waals surface area (Å²) in [5.41, 5.74) is 1.85. The van der Waals surface area contributed by atoms with Crippen molar-refractivity contribution >= 4 is 23.3 Å². The van der Waals surface area contributed by atoms with Crippen LogP contribution < -0.4 is 0 Å². The molecule has 102 valence electrons. The summed E-state index contributed by atoms with van der Waals surface area (Å²) in [7, 11) is 0. The minimum atomic E-state index is -0.195. The quantitative estimate of drug-likeness (QED) is 0.768. The predicted octanol–water partition coefficient (Wildman–Crippen LogP) is 4.98. The Balaban J connectivity index is 2.15. The van der Waals surface area contributed by atoms with E-state index in [0.717, 1.165) is 28.6 Å². The van der Waals surface area contributed by atoms with E-state index in [0.29, 0.717) is 12.0 Å². The van der Waals surface area contributed by atoms with Crippen LogP contribution in [0.5, 0.6) is 0 Å². The fraction of sp³-hybridized carbons (Fsp3) is 0.533. The van der Waals surface area contributed by atoms with Crippen molar-refractivity contribution in [1.29, 1.82) is 0 Å². The molecule has 0 spiro atoms. The number of halogens is 1. The lowest BCUT2D eigenvalue weighted by Gasteiger charge is -2.32. The molecule has 1 N–H and O–H groups in total. The van der Waals surface area contributed by atoms with Gasteiger partial charge in [-0.15, -0.1) is 0 Å². The van der Waals surface area contributed by atoms with E-state index in [1.54, 1.807) is 12.1 Å². The second-order valence-corrected chi connectivity index (χ2v) is 5.87. The second kappa shape index (κ2) is 5.08. The summed E-state index contributed by atoms with van der Waals surface area (Å²) in [6.45, 7) is 2.24. The van der Waals surface area contributed by atoms with Gasteiger partial charge < -0.3 is 9.55 Å². The van der Waals surface area contributed by atoms with Crippen LogP contribution in [-0.4, -0.2) is 9.55 Å². The number of benzene rings is 1. The maximum Gasteiger partial charge on any atom is 0.178 e. The Labute approximate surface area is 117 Å². The lowest BCUT2D eigenvalue weighted by molar-refractivity contribution is 0.235. The summed E-state index contributed by atoms with van der Waals surface area (Å²) in [4.78, 5) is 3.21. The van der Waals surface area contributed by atoms with Gasteiger partial charge in [0.05, 0.1) is 11.0 Å². The molecule has 3 rings (SSSR count). The van der Waals surface area contributed by atoms with Gasteiger partial charge in [-0.05, 0) is 49.2 Å². The molecule has 0 aliphatic heterocycles. The summed E-state index contributed by atoms with van der Waals surface area (Å²) in [6, 6.07) is 5.28. The lowest BCUT2D eigenvalue weighted by Crippen LogP contribution is -2.22. The first kappa shape index (κ1) is 12.9. The van der Waals surface area contributed by atoms with Gasteiger partial charge >= 0.3 is 0 Å². The Morgan fingerprint density at radius 2 is 2.16 bits per heavy atom. The predicted molar refractivity (Wildman–Crippen MR) is 78.4 cm³/mol. The van der Waals surface area contributed by atoms with Crippen LogP contribution in [0.15, 0.2) is 18.2 Å². The largest absolute Gasteiger partial charge is 0.331 e. The van der Waals surface area contributed by atoms with Crippen LogP contribution in [0.3, 0.4) is 0 Å². The molecule has 0 radical (unpaired) electrons. The monoisotopic (exact) mass is 278 g/mol. The number of nitrogens with zero attached hydrogens (tertiary/aromatic N) is 1. The first-order valence-corrected chi connectivity index (χ1v) is 7.51. The molecule has 1 aliphatic carbocycles. The van der Waals surface area contributed by atoms with Crippen molar-refractivity contribution in [3.63, 3.8) is 0 Å². The normalized spacial score (nSPS) is 23.9. The van der Waals surface area contributed by atoms with E-state index in [2.05, 4.69) is 16.5 Å². The molecule has 2 unspecified atom stereocenters. The SMILES string of the molecule is CCC1CCCCC1n1c(=S)[nH]c2ccc(F)cc21. The molecule has 1 heterocycles. The smallest absolute Gasteiger partial charge is 0.178 e. The summed E-state index contributed by atoms with van der Waals surface area (Å²) in [5, 5.41) is 0. The molecule has 2 aromatic rings. The van der Waals surface area contributed by atoms with Gasteiger partial charge in [-0.3, -0.25) is 0 Å². The van der Waals surface area contributed by atoms with Crippen molar-refractivity contribution in [3.8, 4) is 0 Å². The fourth-order valence-corrected chi connectivity index (χ4v) is 3.77. The summed E-state index contributed by atoms with van der Waals surface area (Å²) in [5.74, 6) is 0.460. The minimum Gasteiger partial charge on any atom is -0.331 e. The first-order valence-electron chi connectivity index (χ1n) is 7.10. The number of hydrogen-bond acceptors (Lipinski definition) is 1. The van der Waals surface area contributed by atoms with Crippen LogP contribution in [0.4, 0.5) is 4.39 Å². The van der Waals surface area contributed by atoms with Gasteiger partial charge in [0.1, 0.15) is 5.82 Å². The van der Waals surface area contributed by atoms with Crippen molar-refractivity contribution in [2.45, 2.75) is 45.1 Å². The van der Waals surface area contributed by atoms with Crippen LogP contribution in [0.2, 0.25) is 0 Å². The number of aromatic amines is 1. The van der Waals surface area contributed by atoms with E-state index in [1.807, 2.05) is 0 Å². The highest BCUT2D eigenvalue weighted by molar-refractivity contribution is 7.71. The number of H-pyrrole nitrogens is 1. The molecule has 1 aromatic carbocycles. The molecule has 1 fully saturated rings. The highest BCUT2D eigenvalue weighted by Gasteiger charge is 2.26. The zero-order valence-electron chi connectivity index (χ0n) is 11.2. The molecule has 0 saturated heterocycles. The Morgan fingerprint density at radius 1 is 1.37 bits per heavy atom. The standard InChI is InChI=1S/C15H19FN2S/c1-2-10-5-3-4-6-13(10)18-14-9-11(16)7-8-12(14)17-15(18)19/h7-10,13H,2-6H2,1H3,(H,17,19). The third kappa shape index (κ3) is 2.22. The van der Waals surface area contributed by atoms with Gasteiger partial charge in [-0.25, -0.2) is 4.39 Å². The van der Waals surface area contributed by atoms with Gasteiger partial charge in [0.15, 0.2) is 4.77 Å². The van der Waals surface area contributed by atoms with Gasteiger partial charge in [0, 0.05) is 6.04 Å². The van der Waals surface area contributed by atoms with Gasteiger partial charge in [0.2, 0.25) is 0 Å². The van der Waals surface area contributed by atoms with Crippen molar-refractivity contribution in [1.82, 2.24) is 9.55 Å². The van der Waals surface area contributed by atoms with Crippen LogP contribution in [0.25, 0.3) is 11.0 Å². The van der Waals surface area contributed by atoms with Crippen LogP contribution in [0, 0.1) is 16.5 Å². The van der Waals surface area contributed by atoms with E-state index >= 15 is 0 Å². The van der Waals surface area contributed by atoms with Crippen molar-refractivity contribution in [2.24, 2.45) is 5.92 Å². The maximum absolute atomic E-state index is 13.5. The molecule has 0 bridgehead atoms. The lowest BCUT2D eigenvalue weighted by atomic mass is 9.82. The molecule has 2 atom stereocenters. The van der Waals surface area contributed by atoms with Gasteiger partial charge in [0.25, 0.3) is 0 Å². The summed E-state index contributed by atoms with van der Waals surface area (Å²) < 4.78 is 16.4. The van der Waals surface area contributed by atoms with E-state index in [9.17, 15) is 4.39 Å². The molecule has 0 amide bonds. The Bertz CT molecular complexity index is 643. The maximum atomic E-state index is 13.5. The second-order valence-electron chi connectivity index (χ2n) is 5.48. The fourth-order valence-electron chi connectivity index (χ4n) is 3.43. The highest BCUT2D eigenvalue weighted by atomic mass is 32.1. The molecule has 19 heavy (non-hydrogen) atoms. The number of nitrogens with one attached hydrogen (secondary N) is 1. The molecule has 1 aromatic heterocycles. The van der Waals surface area contributed by atoms with E-state index < -0.39 is 0 Å². The third-order valence-corrected chi connectivity index (χ3v) is 4.70. The molecule has 4 heteroatoms. The third-order valence-electron chi connectivity index (χ3n) is 4.40. The van der Waals surface area contributed by atoms with Crippen LogP contribution in [-0.2, 0) is 0 Å². The molecular weight excluding hydrogens is 259 g/mol. The van der Waals surface area contributed by atoms with Gasteiger partial charge in [-0.2, -0.15) is 0 Å². The van der Waals surface area contributed by atoms with E-state index in [1.165, 1.54) is 25.3 Å². The van der Waals surface area contributed by atoms with Crippen LogP contribution >= 0.6 is 12.2 Å². The van der Waals surface area contributed by atoms with Crippen molar-refractivity contribution < 1.29 is 4.39 Å². The molecule has 1 saturated carbocycles. The van der Waals surface area contributed by atoms with E-state index in [4.69, 9.17) is 12.2 Å². The Hall–Kier alpha value is -1.16. The average Bonchev–Trinajstić information content (AvgIpc) is 2.74. The van der Waals surface area contributed by atoms with Crippen molar-refractivity contribution in [3.05, 3.63) is 28.8 Å². The van der Waals surface area contributed by atoms with Crippen molar-refractivity contribution in [2.75, 3.05) is 0 Å².